The first-order valence-corrected chi connectivity index (χ1v) is 8.62. The average molecular weight is 367 g/mol. The Morgan fingerprint density at radius 1 is 1.32 bits per heavy atom. The van der Waals surface area contributed by atoms with Gasteiger partial charge >= 0.3 is 6.09 Å². The Morgan fingerprint density at radius 2 is 2.04 bits per heavy atom. The maximum absolute atomic E-state index is 12.3. The van der Waals surface area contributed by atoms with Gasteiger partial charge < -0.3 is 19.1 Å². The SMILES string of the molecule is C[C@H]1CN(C(=O)OC(C)(C)C)CCN1c1nc(Cl)nc2c1ncn2C. The maximum Gasteiger partial charge on any atom is 0.410 e. The predicted molar refractivity (Wildman–Crippen MR) is 95.9 cm³/mol. The standard InChI is InChI=1S/C16H23ClN6O2/c1-10-8-22(15(24)25-16(2,3)4)6-7-23(10)13-11-12(19-14(17)20-13)21(5)9-18-11/h9-10H,6-8H2,1-5H3/t10-/m0/s1. The van der Waals surface area contributed by atoms with E-state index in [9.17, 15) is 4.79 Å². The minimum atomic E-state index is -0.502. The second kappa shape index (κ2) is 6.33. The summed E-state index contributed by atoms with van der Waals surface area (Å²) in [5.41, 5.74) is 0.902. The summed E-state index contributed by atoms with van der Waals surface area (Å²) in [6.07, 6.45) is 1.41. The van der Waals surface area contributed by atoms with Gasteiger partial charge in [-0.3, -0.25) is 0 Å². The van der Waals surface area contributed by atoms with Crippen molar-refractivity contribution in [3.05, 3.63) is 11.6 Å². The predicted octanol–water partition coefficient (Wildman–Crippen LogP) is 2.46. The monoisotopic (exact) mass is 366 g/mol. The number of hydrogen-bond acceptors (Lipinski definition) is 6. The molecule has 25 heavy (non-hydrogen) atoms. The van der Waals surface area contributed by atoms with Crippen LogP contribution in [-0.2, 0) is 11.8 Å². The molecule has 1 aliphatic rings. The zero-order chi connectivity index (χ0) is 18.4. The quantitative estimate of drug-likeness (QED) is 0.721. The minimum absolute atomic E-state index is 0.0532. The van der Waals surface area contributed by atoms with Crippen LogP contribution in [0.4, 0.5) is 10.6 Å². The van der Waals surface area contributed by atoms with Gasteiger partial charge in [0.05, 0.1) is 6.33 Å². The highest BCUT2D eigenvalue weighted by Gasteiger charge is 2.32. The Labute approximate surface area is 151 Å². The van der Waals surface area contributed by atoms with E-state index in [2.05, 4.69) is 19.9 Å². The lowest BCUT2D eigenvalue weighted by Gasteiger charge is -2.40. The average Bonchev–Trinajstić information content (AvgIpc) is 2.86. The number of ether oxygens (including phenoxy) is 1. The lowest BCUT2D eigenvalue weighted by molar-refractivity contribution is 0.0218. The molecule has 0 spiro atoms. The molecule has 2 aromatic rings. The van der Waals surface area contributed by atoms with Crippen molar-refractivity contribution in [3.63, 3.8) is 0 Å². The summed E-state index contributed by atoms with van der Waals surface area (Å²) >= 11 is 6.10. The Balaban J connectivity index is 1.82. The van der Waals surface area contributed by atoms with Crippen molar-refractivity contribution >= 4 is 34.7 Å². The molecule has 1 amide bonds. The van der Waals surface area contributed by atoms with E-state index >= 15 is 0 Å². The molecule has 3 heterocycles. The molecule has 0 unspecified atom stereocenters. The molecule has 0 N–H and O–H groups in total. The Kier molecular flexibility index (Phi) is 4.49. The third-order valence-corrected chi connectivity index (χ3v) is 4.23. The summed E-state index contributed by atoms with van der Waals surface area (Å²) in [6.45, 7) is 9.36. The molecule has 136 valence electrons. The van der Waals surface area contributed by atoms with Gasteiger partial charge in [-0.1, -0.05) is 0 Å². The van der Waals surface area contributed by atoms with Gasteiger partial charge in [0.25, 0.3) is 0 Å². The van der Waals surface area contributed by atoms with Gasteiger partial charge in [0, 0.05) is 32.7 Å². The molecule has 1 fully saturated rings. The van der Waals surface area contributed by atoms with Crippen LogP contribution in [0.2, 0.25) is 5.28 Å². The number of amides is 1. The largest absolute Gasteiger partial charge is 0.444 e. The Morgan fingerprint density at radius 3 is 2.68 bits per heavy atom. The summed E-state index contributed by atoms with van der Waals surface area (Å²) < 4.78 is 7.28. The van der Waals surface area contributed by atoms with Gasteiger partial charge in [-0.25, -0.2) is 9.78 Å². The zero-order valence-electron chi connectivity index (χ0n) is 15.2. The van der Waals surface area contributed by atoms with Gasteiger partial charge in [0.2, 0.25) is 5.28 Å². The normalized spacial score (nSPS) is 18.7. The summed E-state index contributed by atoms with van der Waals surface area (Å²) in [5.74, 6) is 0.701. The molecule has 0 aromatic carbocycles. The molecule has 0 aliphatic carbocycles. The van der Waals surface area contributed by atoms with Crippen LogP contribution in [-0.4, -0.2) is 61.8 Å². The van der Waals surface area contributed by atoms with Gasteiger partial charge in [-0.15, -0.1) is 0 Å². The van der Waals surface area contributed by atoms with E-state index in [1.807, 2.05) is 39.3 Å². The van der Waals surface area contributed by atoms with Crippen molar-refractivity contribution in [2.24, 2.45) is 7.05 Å². The number of halogens is 1. The first kappa shape index (κ1) is 17.7. The van der Waals surface area contributed by atoms with Crippen LogP contribution >= 0.6 is 11.6 Å². The topological polar surface area (TPSA) is 76.4 Å². The fraction of sp³-hybridized carbons (Fsp3) is 0.625. The number of carbonyl (C=O) groups excluding carboxylic acids is 1. The van der Waals surface area contributed by atoms with Crippen molar-refractivity contribution in [2.75, 3.05) is 24.5 Å². The van der Waals surface area contributed by atoms with Gasteiger partial charge in [-0.2, -0.15) is 9.97 Å². The van der Waals surface area contributed by atoms with Crippen molar-refractivity contribution in [2.45, 2.75) is 39.3 Å². The van der Waals surface area contributed by atoms with Crippen LogP contribution in [0.1, 0.15) is 27.7 Å². The Hall–Kier alpha value is -2.09. The fourth-order valence-corrected chi connectivity index (χ4v) is 3.09. The van der Waals surface area contributed by atoms with Crippen LogP contribution in [0.25, 0.3) is 11.2 Å². The van der Waals surface area contributed by atoms with E-state index in [1.54, 1.807) is 11.2 Å². The van der Waals surface area contributed by atoms with E-state index in [1.165, 1.54) is 0 Å². The highest BCUT2D eigenvalue weighted by Crippen LogP contribution is 2.27. The number of aryl methyl sites for hydroxylation is 1. The molecule has 0 radical (unpaired) electrons. The molecule has 0 saturated carbocycles. The number of anilines is 1. The molecule has 2 aromatic heterocycles. The second-order valence-corrected chi connectivity index (χ2v) is 7.65. The van der Waals surface area contributed by atoms with Crippen LogP contribution < -0.4 is 4.90 Å². The smallest absolute Gasteiger partial charge is 0.410 e. The van der Waals surface area contributed by atoms with Crippen molar-refractivity contribution in [3.8, 4) is 0 Å². The number of nitrogens with zero attached hydrogens (tertiary/aromatic N) is 6. The van der Waals surface area contributed by atoms with E-state index in [4.69, 9.17) is 16.3 Å². The number of piperazine rings is 1. The van der Waals surface area contributed by atoms with Gasteiger partial charge in [0.1, 0.15) is 5.60 Å². The second-order valence-electron chi connectivity index (χ2n) is 7.31. The first-order valence-electron chi connectivity index (χ1n) is 8.25. The minimum Gasteiger partial charge on any atom is -0.444 e. The Bertz CT molecular complexity index is 800. The van der Waals surface area contributed by atoms with Gasteiger partial charge in [-0.05, 0) is 39.3 Å². The molecular formula is C16H23ClN6O2. The van der Waals surface area contributed by atoms with Crippen LogP contribution in [0.5, 0.6) is 0 Å². The summed E-state index contributed by atoms with van der Waals surface area (Å²) in [4.78, 5) is 29.2. The molecule has 1 aliphatic heterocycles. The number of rotatable bonds is 1. The third kappa shape index (κ3) is 3.63. The summed E-state index contributed by atoms with van der Waals surface area (Å²) in [5, 5.41) is 0.188. The fourth-order valence-electron chi connectivity index (χ4n) is 2.93. The van der Waals surface area contributed by atoms with Crippen LogP contribution in [0.3, 0.4) is 0 Å². The molecule has 8 nitrogen and oxygen atoms in total. The van der Waals surface area contributed by atoms with Crippen molar-refractivity contribution < 1.29 is 9.53 Å². The highest BCUT2D eigenvalue weighted by molar-refractivity contribution is 6.28. The van der Waals surface area contributed by atoms with E-state index < -0.39 is 5.60 Å². The van der Waals surface area contributed by atoms with Crippen LogP contribution in [0.15, 0.2) is 6.33 Å². The number of aromatic nitrogens is 4. The molecular weight excluding hydrogens is 344 g/mol. The number of imidazole rings is 1. The van der Waals surface area contributed by atoms with Gasteiger partial charge in [0.15, 0.2) is 17.0 Å². The van der Waals surface area contributed by atoms with E-state index in [0.717, 1.165) is 0 Å². The molecule has 0 bridgehead atoms. The van der Waals surface area contributed by atoms with Crippen molar-refractivity contribution in [1.82, 2.24) is 24.4 Å². The lowest BCUT2D eigenvalue weighted by atomic mass is 10.2. The highest BCUT2D eigenvalue weighted by atomic mass is 35.5. The maximum atomic E-state index is 12.3. The molecule has 1 atom stereocenters. The molecule has 3 rings (SSSR count). The number of hydrogen-bond donors (Lipinski definition) is 0. The van der Waals surface area contributed by atoms with Crippen molar-refractivity contribution in [1.29, 1.82) is 0 Å². The third-order valence-electron chi connectivity index (χ3n) is 4.07. The summed E-state index contributed by atoms with van der Waals surface area (Å²) in [7, 11) is 1.87. The number of carbonyl (C=O) groups is 1. The first-order chi connectivity index (χ1) is 11.7. The summed E-state index contributed by atoms with van der Waals surface area (Å²) in [6, 6.07) is 0.0532. The lowest BCUT2D eigenvalue weighted by Crippen LogP contribution is -2.55. The zero-order valence-corrected chi connectivity index (χ0v) is 15.9. The van der Waals surface area contributed by atoms with Crippen LogP contribution in [0, 0.1) is 0 Å². The number of fused-ring (bicyclic) bond motifs is 1. The molecule has 9 heteroatoms. The van der Waals surface area contributed by atoms with E-state index in [0.29, 0.717) is 36.6 Å². The molecule has 1 saturated heterocycles. The van der Waals surface area contributed by atoms with E-state index in [-0.39, 0.29) is 17.4 Å².